The molecule has 0 radical (unpaired) electrons. The molecule has 0 aromatic carbocycles. The molecule has 2 heterocycles. The highest BCUT2D eigenvalue weighted by atomic mass is 35.5. The first-order chi connectivity index (χ1) is 7.27. The van der Waals surface area contributed by atoms with E-state index in [4.69, 9.17) is 16.3 Å². The molecule has 1 saturated heterocycles. The van der Waals surface area contributed by atoms with Crippen molar-refractivity contribution in [2.75, 3.05) is 31.7 Å². The van der Waals surface area contributed by atoms with Crippen LogP contribution in [0.2, 0.25) is 5.02 Å². The Kier molecular flexibility index (Phi) is 3.44. The molecule has 1 aliphatic rings. The van der Waals surface area contributed by atoms with Crippen LogP contribution in [0.4, 0.5) is 5.69 Å². The van der Waals surface area contributed by atoms with E-state index in [-0.39, 0.29) is 0 Å². The van der Waals surface area contributed by atoms with Crippen molar-refractivity contribution in [1.29, 1.82) is 0 Å². The Hall–Kier alpha value is -0.800. The van der Waals surface area contributed by atoms with Gasteiger partial charge in [0.2, 0.25) is 0 Å². The fourth-order valence-corrected chi connectivity index (χ4v) is 2.15. The van der Waals surface area contributed by atoms with E-state index >= 15 is 0 Å². The minimum Gasteiger partial charge on any atom is -0.381 e. The van der Waals surface area contributed by atoms with Crippen molar-refractivity contribution in [3.63, 3.8) is 0 Å². The van der Waals surface area contributed by atoms with Gasteiger partial charge in [-0.25, -0.2) is 0 Å². The van der Waals surface area contributed by atoms with Crippen LogP contribution < -0.4 is 4.90 Å². The Morgan fingerprint density at radius 1 is 1.67 bits per heavy atom. The molecule has 2 rings (SSSR count). The molecule has 1 atom stereocenters. The van der Waals surface area contributed by atoms with Crippen LogP contribution >= 0.6 is 11.6 Å². The lowest BCUT2D eigenvalue weighted by molar-refractivity contribution is 0.186. The molecule has 1 aromatic rings. The normalized spacial score (nSPS) is 20.5. The number of nitrogens with zero attached hydrogens (tertiary/aromatic N) is 2. The van der Waals surface area contributed by atoms with E-state index in [2.05, 4.69) is 16.9 Å². The highest BCUT2D eigenvalue weighted by molar-refractivity contribution is 6.33. The minimum absolute atomic E-state index is 0.624. The highest BCUT2D eigenvalue weighted by Gasteiger charge is 2.18. The Bertz CT molecular complexity index is 326. The predicted molar refractivity (Wildman–Crippen MR) is 61.4 cm³/mol. The van der Waals surface area contributed by atoms with Crippen LogP contribution in [0.15, 0.2) is 18.5 Å². The van der Waals surface area contributed by atoms with Crippen LogP contribution in [-0.2, 0) is 4.74 Å². The van der Waals surface area contributed by atoms with Crippen LogP contribution in [-0.4, -0.2) is 31.8 Å². The highest BCUT2D eigenvalue weighted by Crippen LogP contribution is 2.25. The summed E-state index contributed by atoms with van der Waals surface area (Å²) in [5, 5.41) is 0.707. The first-order valence-corrected chi connectivity index (χ1v) is 5.53. The second kappa shape index (κ2) is 4.81. The predicted octanol–water partition coefficient (Wildman–Crippen LogP) is 2.21. The molecule has 1 unspecified atom stereocenters. The van der Waals surface area contributed by atoms with Gasteiger partial charge >= 0.3 is 0 Å². The van der Waals surface area contributed by atoms with Crippen molar-refractivity contribution < 1.29 is 4.74 Å². The maximum absolute atomic E-state index is 6.07. The number of hydrogen-bond donors (Lipinski definition) is 0. The van der Waals surface area contributed by atoms with Crippen LogP contribution in [0.1, 0.15) is 6.42 Å². The molecule has 1 aromatic heterocycles. The fourth-order valence-electron chi connectivity index (χ4n) is 1.89. The van der Waals surface area contributed by atoms with Gasteiger partial charge in [-0.05, 0) is 12.5 Å². The van der Waals surface area contributed by atoms with E-state index < -0.39 is 0 Å². The van der Waals surface area contributed by atoms with Crippen molar-refractivity contribution in [3.8, 4) is 0 Å². The molecule has 0 N–H and O–H groups in total. The van der Waals surface area contributed by atoms with Gasteiger partial charge in [0.1, 0.15) is 0 Å². The quantitative estimate of drug-likeness (QED) is 0.790. The summed E-state index contributed by atoms with van der Waals surface area (Å²) in [6.07, 6.45) is 4.59. The fraction of sp³-hybridized carbons (Fsp3) is 0.545. The molecular formula is C11H15ClN2O. The van der Waals surface area contributed by atoms with Gasteiger partial charge in [0.15, 0.2) is 0 Å². The molecule has 1 aliphatic heterocycles. The van der Waals surface area contributed by atoms with E-state index in [9.17, 15) is 0 Å². The zero-order valence-corrected chi connectivity index (χ0v) is 9.57. The first-order valence-electron chi connectivity index (χ1n) is 5.16. The summed E-state index contributed by atoms with van der Waals surface area (Å²) in [4.78, 5) is 6.15. The van der Waals surface area contributed by atoms with Crippen molar-refractivity contribution >= 4 is 17.3 Å². The lowest BCUT2D eigenvalue weighted by Crippen LogP contribution is -2.25. The average Bonchev–Trinajstić information content (AvgIpc) is 2.71. The summed E-state index contributed by atoms with van der Waals surface area (Å²) < 4.78 is 5.35. The topological polar surface area (TPSA) is 25.4 Å². The van der Waals surface area contributed by atoms with Gasteiger partial charge in [0.05, 0.1) is 17.3 Å². The smallest absolute Gasteiger partial charge is 0.0822 e. The molecule has 0 amide bonds. The van der Waals surface area contributed by atoms with Gasteiger partial charge in [-0.3, -0.25) is 4.98 Å². The van der Waals surface area contributed by atoms with Gasteiger partial charge in [0, 0.05) is 38.5 Å². The Morgan fingerprint density at radius 2 is 2.53 bits per heavy atom. The molecule has 82 valence electrons. The van der Waals surface area contributed by atoms with Crippen molar-refractivity contribution in [3.05, 3.63) is 23.5 Å². The summed E-state index contributed by atoms with van der Waals surface area (Å²) >= 11 is 6.07. The number of pyridine rings is 1. The second-order valence-corrected chi connectivity index (χ2v) is 4.34. The van der Waals surface area contributed by atoms with Crippen molar-refractivity contribution in [1.82, 2.24) is 4.98 Å². The molecule has 0 spiro atoms. The van der Waals surface area contributed by atoms with Crippen LogP contribution in [0, 0.1) is 5.92 Å². The third-order valence-corrected chi connectivity index (χ3v) is 3.01. The van der Waals surface area contributed by atoms with Crippen molar-refractivity contribution in [2.24, 2.45) is 5.92 Å². The van der Waals surface area contributed by atoms with Gasteiger partial charge in [0.25, 0.3) is 0 Å². The summed E-state index contributed by atoms with van der Waals surface area (Å²) in [5.41, 5.74) is 1.04. The summed E-state index contributed by atoms with van der Waals surface area (Å²) in [6, 6.07) is 1.94. The number of halogens is 1. The molecule has 3 nitrogen and oxygen atoms in total. The molecule has 0 aliphatic carbocycles. The maximum atomic E-state index is 6.07. The van der Waals surface area contributed by atoms with E-state index in [1.54, 1.807) is 12.4 Å². The number of rotatable bonds is 3. The van der Waals surface area contributed by atoms with Crippen molar-refractivity contribution in [2.45, 2.75) is 6.42 Å². The van der Waals surface area contributed by atoms with Gasteiger partial charge in [-0.15, -0.1) is 0 Å². The van der Waals surface area contributed by atoms with Crippen LogP contribution in [0.5, 0.6) is 0 Å². The van der Waals surface area contributed by atoms with Gasteiger partial charge in [-0.2, -0.15) is 0 Å². The lowest BCUT2D eigenvalue weighted by atomic mass is 10.1. The monoisotopic (exact) mass is 226 g/mol. The lowest BCUT2D eigenvalue weighted by Gasteiger charge is -2.23. The third kappa shape index (κ3) is 2.61. The molecule has 0 bridgehead atoms. The molecule has 1 fully saturated rings. The maximum Gasteiger partial charge on any atom is 0.0822 e. The second-order valence-electron chi connectivity index (χ2n) is 3.94. The SMILES string of the molecule is CN(CC1CCOC1)c1ccncc1Cl. The number of anilines is 1. The molecule has 0 saturated carbocycles. The van der Waals surface area contributed by atoms with E-state index in [0.717, 1.165) is 31.9 Å². The Balaban J connectivity index is 2.00. The summed E-state index contributed by atoms with van der Waals surface area (Å²) in [6.45, 7) is 2.75. The zero-order valence-electron chi connectivity index (χ0n) is 8.82. The number of ether oxygens (including phenoxy) is 1. The van der Waals surface area contributed by atoms with Crippen LogP contribution in [0.25, 0.3) is 0 Å². The first kappa shape index (κ1) is 10.7. The largest absolute Gasteiger partial charge is 0.381 e. The number of aromatic nitrogens is 1. The Morgan fingerprint density at radius 3 is 3.20 bits per heavy atom. The molecule has 4 heteroatoms. The third-order valence-electron chi connectivity index (χ3n) is 2.72. The van der Waals surface area contributed by atoms with E-state index in [1.807, 2.05) is 6.07 Å². The van der Waals surface area contributed by atoms with Crippen LogP contribution in [0.3, 0.4) is 0 Å². The molecular weight excluding hydrogens is 212 g/mol. The molecule has 15 heavy (non-hydrogen) atoms. The van der Waals surface area contributed by atoms with Gasteiger partial charge < -0.3 is 9.64 Å². The zero-order chi connectivity index (χ0) is 10.7. The number of hydrogen-bond acceptors (Lipinski definition) is 3. The summed E-state index contributed by atoms with van der Waals surface area (Å²) in [7, 11) is 2.06. The van der Waals surface area contributed by atoms with E-state index in [0.29, 0.717) is 10.9 Å². The Labute approximate surface area is 95.0 Å². The minimum atomic E-state index is 0.624. The van der Waals surface area contributed by atoms with Gasteiger partial charge in [-0.1, -0.05) is 11.6 Å². The standard InChI is InChI=1S/C11H15ClN2O/c1-14(7-9-3-5-15-8-9)11-2-4-13-6-10(11)12/h2,4,6,9H,3,5,7-8H2,1H3. The average molecular weight is 227 g/mol. The van der Waals surface area contributed by atoms with E-state index in [1.165, 1.54) is 0 Å². The summed E-state index contributed by atoms with van der Waals surface area (Å²) in [5.74, 6) is 0.624.